The van der Waals surface area contributed by atoms with E-state index in [0.29, 0.717) is 0 Å². The Balaban J connectivity index is 1.13. The van der Waals surface area contributed by atoms with E-state index in [0.717, 1.165) is 99.1 Å². The molecule has 4 heteroatoms. The second-order valence-electron chi connectivity index (χ2n) is 13.9. The Morgan fingerprint density at radius 1 is 0.377 bits per heavy atom. The van der Waals surface area contributed by atoms with Crippen LogP contribution in [-0.4, -0.2) is 9.55 Å². The summed E-state index contributed by atoms with van der Waals surface area (Å²) in [6, 6.07) is 58.5. The predicted molar refractivity (Wildman–Crippen MR) is 219 cm³/mol. The van der Waals surface area contributed by atoms with Gasteiger partial charge < -0.3 is 13.4 Å². The molecule has 0 spiro atoms. The molecule has 0 bridgehead atoms. The van der Waals surface area contributed by atoms with E-state index < -0.39 is 0 Å². The van der Waals surface area contributed by atoms with E-state index in [-0.39, 0.29) is 0 Å². The van der Waals surface area contributed by atoms with Crippen LogP contribution in [0.5, 0.6) is 0 Å². The van der Waals surface area contributed by atoms with Crippen LogP contribution in [0.3, 0.4) is 0 Å². The van der Waals surface area contributed by atoms with Crippen LogP contribution in [-0.2, 0) is 0 Å². The molecule has 4 heterocycles. The van der Waals surface area contributed by atoms with Gasteiger partial charge in [-0.1, -0.05) is 91.0 Å². The van der Waals surface area contributed by atoms with Crippen molar-refractivity contribution in [1.82, 2.24) is 9.55 Å². The van der Waals surface area contributed by atoms with E-state index in [1.54, 1.807) is 0 Å². The molecular weight excluding hydrogens is 649 g/mol. The minimum atomic E-state index is 0.899. The molecule has 246 valence electrons. The van der Waals surface area contributed by atoms with Gasteiger partial charge in [-0.15, -0.1) is 0 Å². The maximum atomic E-state index is 6.18. The zero-order chi connectivity index (χ0) is 34.6. The minimum Gasteiger partial charge on any atom is -0.456 e. The zero-order valence-electron chi connectivity index (χ0n) is 28.4. The van der Waals surface area contributed by atoms with Crippen LogP contribution in [0.15, 0.2) is 179 Å². The first kappa shape index (κ1) is 28.5. The summed E-state index contributed by atoms with van der Waals surface area (Å²) in [7, 11) is 0. The highest BCUT2D eigenvalue weighted by Gasteiger charge is 2.19. The molecule has 4 nitrogen and oxygen atoms in total. The summed E-state index contributed by atoms with van der Waals surface area (Å²) >= 11 is 0. The van der Waals surface area contributed by atoms with Crippen LogP contribution in [0.25, 0.3) is 115 Å². The van der Waals surface area contributed by atoms with E-state index in [1.165, 1.54) is 16.2 Å². The molecule has 12 aromatic rings. The molecule has 0 N–H and O–H groups in total. The van der Waals surface area contributed by atoms with Crippen molar-refractivity contribution < 1.29 is 8.83 Å². The predicted octanol–water partition coefficient (Wildman–Crippen LogP) is 13.6. The molecule has 0 unspecified atom stereocenters. The Morgan fingerprint density at radius 2 is 0.887 bits per heavy atom. The highest BCUT2D eigenvalue weighted by Crippen LogP contribution is 2.41. The highest BCUT2D eigenvalue weighted by atomic mass is 16.3. The van der Waals surface area contributed by atoms with Crippen molar-refractivity contribution in [3.63, 3.8) is 0 Å². The Kier molecular flexibility index (Phi) is 5.74. The molecule has 0 radical (unpaired) electrons. The van der Waals surface area contributed by atoms with Crippen LogP contribution in [0.4, 0.5) is 0 Å². The second-order valence-corrected chi connectivity index (χ2v) is 13.9. The SMILES string of the molecule is c1cnc2c(c1)ccc1cccc(-n3c4ccc(-c5ccc6oc7ccccc7c6c5)cc4c4cc(-c5ccc6oc7ccccc7c6c5)ccc43)c12. The van der Waals surface area contributed by atoms with Gasteiger partial charge in [-0.25, -0.2) is 0 Å². The molecule has 0 fully saturated rings. The molecule has 0 saturated carbocycles. The fraction of sp³-hybridized carbons (Fsp3) is 0. The number of benzene rings is 8. The summed E-state index contributed by atoms with van der Waals surface area (Å²) in [5.74, 6) is 0. The summed E-state index contributed by atoms with van der Waals surface area (Å²) < 4.78 is 14.8. The van der Waals surface area contributed by atoms with Gasteiger partial charge in [0.25, 0.3) is 0 Å². The van der Waals surface area contributed by atoms with E-state index in [9.17, 15) is 0 Å². The molecule has 0 amide bonds. The van der Waals surface area contributed by atoms with Crippen LogP contribution in [0.2, 0.25) is 0 Å². The lowest BCUT2D eigenvalue weighted by Crippen LogP contribution is -1.96. The third-order valence-electron chi connectivity index (χ3n) is 11.0. The topological polar surface area (TPSA) is 44.1 Å². The molecule has 12 rings (SSSR count). The Bertz CT molecular complexity index is 3300. The number of para-hydroxylation sites is 2. The smallest absolute Gasteiger partial charge is 0.135 e. The number of pyridine rings is 1. The molecule has 8 aromatic carbocycles. The average molecular weight is 677 g/mol. The van der Waals surface area contributed by atoms with Gasteiger partial charge in [0.2, 0.25) is 0 Å². The van der Waals surface area contributed by atoms with E-state index in [4.69, 9.17) is 13.8 Å². The number of furan rings is 2. The molecular formula is C49H28N2O2. The fourth-order valence-corrected chi connectivity index (χ4v) is 8.53. The summed E-state index contributed by atoms with van der Waals surface area (Å²) in [6.45, 7) is 0. The fourth-order valence-electron chi connectivity index (χ4n) is 8.53. The molecule has 0 atom stereocenters. The van der Waals surface area contributed by atoms with Gasteiger partial charge in [-0.05, 0) is 100 Å². The third-order valence-corrected chi connectivity index (χ3v) is 11.0. The van der Waals surface area contributed by atoms with Crippen LogP contribution < -0.4 is 0 Å². The normalized spacial score (nSPS) is 12.2. The van der Waals surface area contributed by atoms with Crippen molar-refractivity contribution in [3.05, 3.63) is 170 Å². The monoisotopic (exact) mass is 676 g/mol. The maximum absolute atomic E-state index is 6.18. The first-order valence-corrected chi connectivity index (χ1v) is 17.9. The summed E-state index contributed by atoms with van der Waals surface area (Å²) in [5.41, 5.74) is 12.6. The number of nitrogens with zero attached hydrogens (tertiary/aromatic N) is 2. The van der Waals surface area contributed by atoms with Crippen molar-refractivity contribution >= 4 is 87.4 Å². The third kappa shape index (κ3) is 4.15. The summed E-state index contributed by atoms with van der Waals surface area (Å²) in [5, 5.41) is 10.3. The molecule has 0 aliphatic heterocycles. The maximum Gasteiger partial charge on any atom is 0.135 e. The molecule has 4 aromatic heterocycles. The summed E-state index contributed by atoms with van der Waals surface area (Å²) in [4.78, 5) is 4.90. The molecule has 53 heavy (non-hydrogen) atoms. The number of fused-ring (bicyclic) bond motifs is 12. The van der Waals surface area contributed by atoms with Gasteiger partial charge in [0, 0.05) is 49.3 Å². The van der Waals surface area contributed by atoms with E-state index >= 15 is 0 Å². The average Bonchev–Trinajstić information content (AvgIpc) is 3.89. The zero-order valence-corrected chi connectivity index (χ0v) is 28.4. The van der Waals surface area contributed by atoms with Gasteiger partial charge in [0.1, 0.15) is 22.3 Å². The minimum absolute atomic E-state index is 0.899. The number of rotatable bonds is 3. The van der Waals surface area contributed by atoms with Crippen molar-refractivity contribution in [2.24, 2.45) is 0 Å². The van der Waals surface area contributed by atoms with Crippen LogP contribution in [0.1, 0.15) is 0 Å². The Morgan fingerprint density at radius 3 is 1.51 bits per heavy atom. The lowest BCUT2D eigenvalue weighted by atomic mass is 9.98. The van der Waals surface area contributed by atoms with Crippen molar-refractivity contribution in [2.45, 2.75) is 0 Å². The van der Waals surface area contributed by atoms with Crippen molar-refractivity contribution in [3.8, 4) is 27.9 Å². The first-order valence-electron chi connectivity index (χ1n) is 17.9. The number of aromatic nitrogens is 2. The van der Waals surface area contributed by atoms with Gasteiger partial charge >= 0.3 is 0 Å². The number of hydrogen-bond donors (Lipinski definition) is 0. The standard InChI is InChI=1S/C49H28N2O2/c1-3-12-44-35(9-1)39-27-33(18-22-46(39)52-44)31-16-20-41-37(25-31)38-26-32(34-19-23-47-40(28-34)36-10-2-4-13-45(36)53-47)17-21-42(38)51(41)43-11-5-7-29-14-15-30-8-6-24-50-49(30)48(29)43/h1-28H. The van der Waals surface area contributed by atoms with E-state index in [1.807, 2.05) is 36.5 Å². The summed E-state index contributed by atoms with van der Waals surface area (Å²) in [6.07, 6.45) is 1.89. The molecule has 0 saturated heterocycles. The number of hydrogen-bond acceptors (Lipinski definition) is 3. The Labute approximate surface area is 302 Å². The molecule has 0 aliphatic carbocycles. The van der Waals surface area contributed by atoms with Crippen LogP contribution >= 0.6 is 0 Å². The highest BCUT2D eigenvalue weighted by molar-refractivity contribution is 6.16. The Hall–Kier alpha value is -7.17. The molecule has 0 aliphatic rings. The quantitative estimate of drug-likeness (QED) is 0.175. The van der Waals surface area contributed by atoms with Gasteiger partial charge in [-0.3, -0.25) is 4.98 Å². The lowest BCUT2D eigenvalue weighted by Gasteiger charge is -2.13. The van der Waals surface area contributed by atoms with Gasteiger partial charge in [-0.2, -0.15) is 0 Å². The van der Waals surface area contributed by atoms with Crippen LogP contribution in [0, 0.1) is 0 Å². The first-order chi connectivity index (χ1) is 26.2. The van der Waals surface area contributed by atoms with Crippen molar-refractivity contribution in [1.29, 1.82) is 0 Å². The largest absolute Gasteiger partial charge is 0.456 e. The van der Waals surface area contributed by atoms with Gasteiger partial charge in [0.05, 0.1) is 22.2 Å². The van der Waals surface area contributed by atoms with Gasteiger partial charge in [0.15, 0.2) is 0 Å². The van der Waals surface area contributed by atoms with E-state index in [2.05, 4.69) is 138 Å². The second kappa shape index (κ2) is 10.7. The lowest BCUT2D eigenvalue weighted by molar-refractivity contribution is 0.668. The van der Waals surface area contributed by atoms with Crippen molar-refractivity contribution in [2.75, 3.05) is 0 Å².